The van der Waals surface area contributed by atoms with Gasteiger partial charge in [0.2, 0.25) is 0 Å². The maximum atomic E-state index is 12.5. The molecule has 0 radical (unpaired) electrons. The third-order valence-electron chi connectivity index (χ3n) is 4.50. The van der Waals surface area contributed by atoms with Crippen LogP contribution in [0.1, 0.15) is 20.7 Å². The minimum absolute atomic E-state index is 0.203. The van der Waals surface area contributed by atoms with E-state index >= 15 is 0 Å². The van der Waals surface area contributed by atoms with Crippen molar-refractivity contribution in [3.63, 3.8) is 0 Å². The number of aromatic amines is 1. The predicted octanol–water partition coefficient (Wildman–Crippen LogP) is 2.53. The summed E-state index contributed by atoms with van der Waals surface area (Å²) >= 11 is 0. The zero-order valence-corrected chi connectivity index (χ0v) is 16.0. The van der Waals surface area contributed by atoms with Gasteiger partial charge < -0.3 is 20.8 Å². The van der Waals surface area contributed by atoms with Crippen LogP contribution in [-0.2, 0) is 0 Å². The molecule has 4 aromatic rings. The second-order valence-corrected chi connectivity index (χ2v) is 6.52. The van der Waals surface area contributed by atoms with Gasteiger partial charge in [-0.2, -0.15) is 0 Å². The Morgan fingerprint density at radius 3 is 2.67 bits per heavy atom. The van der Waals surface area contributed by atoms with Crippen molar-refractivity contribution in [1.29, 1.82) is 0 Å². The van der Waals surface area contributed by atoms with Gasteiger partial charge in [-0.1, -0.05) is 12.1 Å². The number of carbonyl (C=O) groups excluding carboxylic acids is 2. The van der Waals surface area contributed by atoms with E-state index in [2.05, 4.69) is 20.3 Å². The average Bonchev–Trinajstić information content (AvgIpc) is 3.21. The maximum absolute atomic E-state index is 12.5. The van der Waals surface area contributed by atoms with Gasteiger partial charge in [0, 0.05) is 23.5 Å². The average molecular weight is 401 g/mol. The molecule has 0 saturated heterocycles. The molecule has 0 saturated carbocycles. The lowest BCUT2D eigenvalue weighted by atomic mass is 10.2. The molecule has 0 aliphatic heterocycles. The number of pyridine rings is 1. The molecule has 150 valence electrons. The Bertz CT molecular complexity index is 1200. The molecular weight excluding hydrogens is 382 g/mol. The molecular formula is C22H19N5O3. The number of amides is 2. The highest BCUT2D eigenvalue weighted by Crippen LogP contribution is 2.21. The minimum atomic E-state index is -0.561. The maximum Gasteiger partial charge on any atom is 0.252 e. The first-order valence-corrected chi connectivity index (χ1v) is 9.32. The second-order valence-electron chi connectivity index (χ2n) is 6.52. The van der Waals surface area contributed by atoms with Crippen molar-refractivity contribution in [1.82, 2.24) is 20.3 Å². The molecule has 8 nitrogen and oxygen atoms in total. The lowest BCUT2D eigenvalue weighted by Gasteiger charge is -2.10. The zero-order chi connectivity index (χ0) is 20.9. The summed E-state index contributed by atoms with van der Waals surface area (Å²) in [7, 11) is 0. The van der Waals surface area contributed by atoms with Crippen molar-refractivity contribution < 1.29 is 14.3 Å². The third-order valence-corrected chi connectivity index (χ3v) is 4.50. The summed E-state index contributed by atoms with van der Waals surface area (Å²) in [5.41, 5.74) is 8.59. The largest absolute Gasteiger partial charge is 0.491 e. The normalized spacial score (nSPS) is 10.7. The summed E-state index contributed by atoms with van der Waals surface area (Å²) in [5, 5.41) is 2.80. The van der Waals surface area contributed by atoms with E-state index in [4.69, 9.17) is 10.5 Å². The Hall–Kier alpha value is -4.20. The first kappa shape index (κ1) is 19.1. The fraction of sp³-hybridized carbons (Fsp3) is 0.0909. The van der Waals surface area contributed by atoms with Crippen molar-refractivity contribution in [2.24, 2.45) is 5.73 Å². The summed E-state index contributed by atoms with van der Waals surface area (Å²) < 4.78 is 5.57. The van der Waals surface area contributed by atoms with E-state index in [0.29, 0.717) is 22.7 Å². The van der Waals surface area contributed by atoms with E-state index in [1.54, 1.807) is 54.9 Å². The first-order valence-electron chi connectivity index (χ1n) is 9.32. The van der Waals surface area contributed by atoms with Gasteiger partial charge in [0.25, 0.3) is 11.8 Å². The molecule has 2 aromatic heterocycles. The molecule has 0 aliphatic carbocycles. The molecule has 4 N–H and O–H groups in total. The van der Waals surface area contributed by atoms with Crippen LogP contribution in [0.3, 0.4) is 0 Å². The highest BCUT2D eigenvalue weighted by Gasteiger charge is 2.11. The van der Waals surface area contributed by atoms with E-state index in [9.17, 15) is 9.59 Å². The van der Waals surface area contributed by atoms with Gasteiger partial charge >= 0.3 is 0 Å². The highest BCUT2D eigenvalue weighted by atomic mass is 16.5. The number of carbonyl (C=O) groups is 2. The van der Waals surface area contributed by atoms with E-state index < -0.39 is 5.91 Å². The van der Waals surface area contributed by atoms with Gasteiger partial charge in [0.1, 0.15) is 18.2 Å². The van der Waals surface area contributed by atoms with Crippen LogP contribution in [0.25, 0.3) is 22.4 Å². The fourth-order valence-corrected chi connectivity index (χ4v) is 3.02. The van der Waals surface area contributed by atoms with Gasteiger partial charge in [0.05, 0.1) is 23.1 Å². The molecule has 0 unspecified atom stereocenters. The van der Waals surface area contributed by atoms with Crippen molar-refractivity contribution in [2.45, 2.75) is 0 Å². The predicted molar refractivity (Wildman–Crippen MR) is 112 cm³/mol. The second kappa shape index (κ2) is 8.44. The Labute approximate surface area is 172 Å². The molecule has 0 aliphatic rings. The van der Waals surface area contributed by atoms with E-state index in [1.165, 1.54) is 0 Å². The van der Waals surface area contributed by atoms with Crippen molar-refractivity contribution >= 4 is 22.8 Å². The number of benzene rings is 2. The number of hydrogen-bond donors (Lipinski definition) is 3. The summed E-state index contributed by atoms with van der Waals surface area (Å²) in [6, 6.07) is 15.7. The number of fused-ring (bicyclic) bond motifs is 1. The van der Waals surface area contributed by atoms with Crippen LogP contribution in [0.5, 0.6) is 5.75 Å². The Balaban J connectivity index is 1.38. The van der Waals surface area contributed by atoms with E-state index in [-0.39, 0.29) is 19.1 Å². The van der Waals surface area contributed by atoms with E-state index in [1.807, 2.05) is 12.1 Å². The lowest BCUT2D eigenvalue weighted by molar-refractivity contribution is 0.0943. The van der Waals surface area contributed by atoms with E-state index in [0.717, 1.165) is 16.6 Å². The van der Waals surface area contributed by atoms with Crippen LogP contribution in [0.2, 0.25) is 0 Å². The quantitative estimate of drug-likeness (QED) is 0.411. The summed E-state index contributed by atoms with van der Waals surface area (Å²) in [6.07, 6.45) is 3.40. The first-order chi connectivity index (χ1) is 14.6. The van der Waals surface area contributed by atoms with Crippen LogP contribution < -0.4 is 15.8 Å². The Kier molecular flexibility index (Phi) is 5.38. The number of ether oxygens (including phenoxy) is 1. The van der Waals surface area contributed by atoms with Crippen molar-refractivity contribution in [3.05, 3.63) is 78.1 Å². The molecule has 2 amide bonds. The van der Waals surface area contributed by atoms with Crippen LogP contribution in [-0.4, -0.2) is 39.9 Å². The third kappa shape index (κ3) is 4.12. The molecule has 2 aromatic carbocycles. The van der Waals surface area contributed by atoms with Crippen LogP contribution in [0, 0.1) is 0 Å². The monoisotopic (exact) mass is 401 g/mol. The molecule has 2 heterocycles. The van der Waals surface area contributed by atoms with Crippen LogP contribution in [0.15, 0.2) is 67.0 Å². The number of nitrogens with zero attached hydrogens (tertiary/aromatic N) is 2. The molecule has 0 atom stereocenters. The van der Waals surface area contributed by atoms with Crippen LogP contribution >= 0.6 is 0 Å². The topological polar surface area (TPSA) is 123 Å². The molecule has 0 spiro atoms. The van der Waals surface area contributed by atoms with Gasteiger partial charge in [-0.25, -0.2) is 4.98 Å². The lowest BCUT2D eigenvalue weighted by Crippen LogP contribution is -2.28. The molecule has 0 fully saturated rings. The number of aromatic nitrogens is 3. The number of H-pyrrole nitrogens is 1. The molecule has 4 rings (SSSR count). The number of rotatable bonds is 7. The number of nitrogens with two attached hydrogens (primary N) is 1. The SMILES string of the molecule is NC(=O)c1ccccc1OCCNC(=O)c1ccc2nc(-c3ccncc3)[nH]c2c1. The smallest absolute Gasteiger partial charge is 0.252 e. The summed E-state index contributed by atoms with van der Waals surface area (Å²) in [4.78, 5) is 35.6. The van der Waals surface area contributed by atoms with Gasteiger partial charge in [0.15, 0.2) is 0 Å². The fourth-order valence-electron chi connectivity index (χ4n) is 3.02. The molecule has 30 heavy (non-hydrogen) atoms. The minimum Gasteiger partial charge on any atom is -0.491 e. The van der Waals surface area contributed by atoms with Gasteiger partial charge in [-0.15, -0.1) is 0 Å². The Morgan fingerprint density at radius 2 is 1.87 bits per heavy atom. The van der Waals surface area contributed by atoms with Crippen LogP contribution in [0.4, 0.5) is 0 Å². The molecule has 0 bridgehead atoms. The van der Waals surface area contributed by atoms with Gasteiger partial charge in [-0.3, -0.25) is 14.6 Å². The number of hydrogen-bond acceptors (Lipinski definition) is 5. The number of nitrogens with one attached hydrogen (secondary N) is 2. The Morgan fingerprint density at radius 1 is 1.07 bits per heavy atom. The summed E-state index contributed by atoms with van der Waals surface area (Å²) in [6.45, 7) is 0.476. The van der Waals surface area contributed by atoms with Crippen molar-refractivity contribution in [2.75, 3.05) is 13.2 Å². The standard InChI is InChI=1S/C22H19N5O3/c23-20(28)16-3-1-2-4-19(16)30-12-11-25-22(29)15-5-6-17-18(13-15)27-21(26-17)14-7-9-24-10-8-14/h1-10,13H,11-12H2,(H2,23,28)(H,25,29)(H,26,27). The number of primary amides is 1. The summed E-state index contributed by atoms with van der Waals surface area (Å²) in [5.74, 6) is 0.311. The highest BCUT2D eigenvalue weighted by molar-refractivity contribution is 5.97. The molecule has 8 heteroatoms. The number of imidazole rings is 1. The number of para-hydroxylation sites is 1. The zero-order valence-electron chi connectivity index (χ0n) is 16.0. The van der Waals surface area contributed by atoms with Crippen molar-refractivity contribution in [3.8, 4) is 17.1 Å². The van der Waals surface area contributed by atoms with Gasteiger partial charge in [-0.05, 0) is 42.5 Å².